The average molecular weight is 294 g/mol. The summed E-state index contributed by atoms with van der Waals surface area (Å²) in [6.07, 6.45) is 4.34. The van der Waals surface area contributed by atoms with E-state index >= 15 is 0 Å². The highest BCUT2D eigenvalue weighted by Gasteiger charge is 2.25. The predicted octanol–water partition coefficient (Wildman–Crippen LogP) is 3.21. The molecule has 0 spiro atoms. The number of methoxy groups -OCH3 is 1. The van der Waals surface area contributed by atoms with Crippen LogP contribution in [0.15, 0.2) is 24.3 Å². The lowest BCUT2D eigenvalue weighted by Crippen LogP contribution is -2.27. The highest BCUT2D eigenvalue weighted by Crippen LogP contribution is 2.27. The molecule has 110 valence electrons. The summed E-state index contributed by atoms with van der Waals surface area (Å²) in [4.78, 5) is 12.1. The zero-order valence-corrected chi connectivity index (χ0v) is 12.9. The average Bonchev–Trinajstić information content (AvgIpc) is 2.47. The lowest BCUT2D eigenvalue weighted by atomic mass is 9.91. The van der Waals surface area contributed by atoms with Crippen LogP contribution in [0, 0.1) is 5.92 Å². The van der Waals surface area contributed by atoms with E-state index in [2.05, 4.69) is 6.92 Å². The van der Waals surface area contributed by atoms with Gasteiger partial charge in [-0.05, 0) is 43.0 Å². The van der Waals surface area contributed by atoms with E-state index in [0.29, 0.717) is 11.5 Å². The summed E-state index contributed by atoms with van der Waals surface area (Å²) in [7, 11) is 0.548. The summed E-state index contributed by atoms with van der Waals surface area (Å²) in [5, 5.41) is 0.195. The van der Waals surface area contributed by atoms with E-state index < -0.39 is 10.8 Å². The third kappa shape index (κ3) is 3.92. The standard InChI is InChI=1S/C16H22O3S/c1-12-4-3-5-15(10-12)20(18)11-16(17)13-6-8-14(19-2)9-7-13/h6-9,12,15H,3-5,10-11H2,1-2H3. The van der Waals surface area contributed by atoms with Crippen molar-refractivity contribution in [3.8, 4) is 5.75 Å². The van der Waals surface area contributed by atoms with E-state index in [1.54, 1.807) is 31.4 Å². The van der Waals surface area contributed by atoms with E-state index in [1.165, 1.54) is 6.42 Å². The Balaban J connectivity index is 1.94. The Morgan fingerprint density at radius 1 is 1.30 bits per heavy atom. The molecule has 0 amide bonds. The maximum absolute atomic E-state index is 12.3. The highest BCUT2D eigenvalue weighted by molar-refractivity contribution is 7.86. The number of rotatable bonds is 5. The van der Waals surface area contributed by atoms with Crippen molar-refractivity contribution in [3.05, 3.63) is 29.8 Å². The first-order valence-electron chi connectivity index (χ1n) is 7.14. The summed E-state index contributed by atoms with van der Waals surface area (Å²) in [6.45, 7) is 2.20. The number of hydrogen-bond donors (Lipinski definition) is 0. The largest absolute Gasteiger partial charge is 0.497 e. The Morgan fingerprint density at radius 3 is 2.60 bits per heavy atom. The molecule has 1 saturated carbocycles. The minimum Gasteiger partial charge on any atom is -0.497 e. The monoisotopic (exact) mass is 294 g/mol. The van der Waals surface area contributed by atoms with Gasteiger partial charge in [0.1, 0.15) is 5.75 Å². The quantitative estimate of drug-likeness (QED) is 0.783. The van der Waals surface area contributed by atoms with Crippen LogP contribution >= 0.6 is 0 Å². The molecule has 1 aromatic carbocycles. The molecular weight excluding hydrogens is 272 g/mol. The highest BCUT2D eigenvalue weighted by atomic mass is 32.2. The lowest BCUT2D eigenvalue weighted by Gasteiger charge is -2.25. The van der Waals surface area contributed by atoms with E-state index in [0.717, 1.165) is 25.0 Å². The Kier molecular flexibility index (Phi) is 5.35. The van der Waals surface area contributed by atoms with Crippen molar-refractivity contribution in [2.24, 2.45) is 5.92 Å². The molecule has 0 N–H and O–H groups in total. The van der Waals surface area contributed by atoms with Crippen LogP contribution < -0.4 is 4.74 Å². The number of Topliss-reactive ketones (excluding diaryl/α,β-unsaturated/α-hetero) is 1. The maximum Gasteiger partial charge on any atom is 0.175 e. The Labute approximate surface area is 123 Å². The number of benzene rings is 1. The second-order valence-electron chi connectivity index (χ2n) is 5.57. The molecule has 1 aliphatic rings. The predicted molar refractivity (Wildman–Crippen MR) is 81.8 cm³/mol. The Hall–Kier alpha value is -1.16. The van der Waals surface area contributed by atoms with E-state index in [9.17, 15) is 9.00 Å². The summed E-state index contributed by atoms with van der Waals surface area (Å²) >= 11 is 0. The summed E-state index contributed by atoms with van der Waals surface area (Å²) in [5.74, 6) is 1.46. The van der Waals surface area contributed by atoms with Gasteiger partial charge in [-0.15, -0.1) is 0 Å². The van der Waals surface area contributed by atoms with Crippen molar-refractivity contribution in [3.63, 3.8) is 0 Å². The molecule has 3 atom stereocenters. The van der Waals surface area contributed by atoms with Crippen molar-refractivity contribution >= 4 is 16.6 Å². The molecule has 3 nitrogen and oxygen atoms in total. The van der Waals surface area contributed by atoms with Crippen LogP contribution in [0.3, 0.4) is 0 Å². The molecule has 0 radical (unpaired) electrons. The molecule has 1 aromatic rings. The van der Waals surface area contributed by atoms with E-state index in [1.807, 2.05) is 0 Å². The number of ether oxygens (including phenoxy) is 1. The molecule has 3 unspecified atom stereocenters. The zero-order valence-electron chi connectivity index (χ0n) is 12.1. The van der Waals surface area contributed by atoms with Gasteiger partial charge in [0.2, 0.25) is 0 Å². The van der Waals surface area contributed by atoms with Gasteiger partial charge >= 0.3 is 0 Å². The first-order valence-corrected chi connectivity index (χ1v) is 8.52. The topological polar surface area (TPSA) is 43.4 Å². The maximum atomic E-state index is 12.3. The smallest absolute Gasteiger partial charge is 0.175 e. The SMILES string of the molecule is COc1ccc(C(=O)CS(=O)C2CCCC(C)C2)cc1. The Bertz CT molecular complexity index is 481. The summed E-state index contributed by atoms with van der Waals surface area (Å²) < 4.78 is 17.4. The number of carbonyl (C=O) groups excluding carboxylic acids is 1. The molecule has 0 bridgehead atoms. The van der Waals surface area contributed by atoms with Gasteiger partial charge in [0.05, 0.1) is 12.9 Å². The lowest BCUT2D eigenvalue weighted by molar-refractivity contribution is 0.102. The molecule has 4 heteroatoms. The van der Waals surface area contributed by atoms with Crippen LogP contribution in [0.2, 0.25) is 0 Å². The molecule has 2 rings (SSSR count). The van der Waals surface area contributed by atoms with Crippen LogP contribution in [0.5, 0.6) is 5.75 Å². The van der Waals surface area contributed by atoms with Crippen molar-refractivity contribution in [2.45, 2.75) is 37.9 Å². The molecular formula is C16H22O3S. The summed E-state index contributed by atoms with van der Waals surface area (Å²) in [6, 6.07) is 7.00. The van der Waals surface area contributed by atoms with Gasteiger partial charge in [0.15, 0.2) is 5.78 Å². The molecule has 1 aliphatic carbocycles. The molecule has 20 heavy (non-hydrogen) atoms. The molecule has 0 aromatic heterocycles. The molecule has 0 saturated heterocycles. The zero-order chi connectivity index (χ0) is 14.5. The van der Waals surface area contributed by atoms with Gasteiger partial charge in [-0.25, -0.2) is 0 Å². The second kappa shape index (κ2) is 7.02. The molecule has 1 fully saturated rings. The van der Waals surface area contributed by atoms with Crippen LogP contribution in [0.4, 0.5) is 0 Å². The minimum absolute atomic E-state index is 0.0378. The third-order valence-corrected chi connectivity index (χ3v) is 5.66. The van der Waals surface area contributed by atoms with Gasteiger partial charge in [-0.2, -0.15) is 0 Å². The van der Waals surface area contributed by atoms with Crippen LogP contribution in [-0.4, -0.2) is 28.1 Å². The van der Waals surface area contributed by atoms with Gasteiger partial charge in [0, 0.05) is 21.6 Å². The first-order chi connectivity index (χ1) is 9.60. The van der Waals surface area contributed by atoms with E-state index in [-0.39, 0.29) is 16.8 Å². The molecule has 0 aliphatic heterocycles. The fraction of sp³-hybridized carbons (Fsp3) is 0.562. The van der Waals surface area contributed by atoms with Gasteiger partial charge in [0.25, 0.3) is 0 Å². The van der Waals surface area contributed by atoms with Crippen molar-refractivity contribution < 1.29 is 13.7 Å². The normalized spacial score (nSPS) is 24.1. The van der Waals surface area contributed by atoms with Crippen molar-refractivity contribution in [1.82, 2.24) is 0 Å². The first kappa shape index (κ1) is 15.2. The van der Waals surface area contributed by atoms with Gasteiger partial charge in [-0.1, -0.05) is 19.8 Å². The van der Waals surface area contributed by atoms with E-state index in [4.69, 9.17) is 4.74 Å². The second-order valence-corrected chi connectivity index (χ2v) is 7.29. The number of hydrogen-bond acceptors (Lipinski definition) is 3. The molecule has 0 heterocycles. The fourth-order valence-corrected chi connectivity index (χ4v) is 4.36. The van der Waals surface area contributed by atoms with Crippen molar-refractivity contribution in [1.29, 1.82) is 0 Å². The third-order valence-electron chi connectivity index (χ3n) is 3.95. The van der Waals surface area contributed by atoms with Crippen molar-refractivity contribution in [2.75, 3.05) is 12.9 Å². The van der Waals surface area contributed by atoms with Gasteiger partial charge in [-0.3, -0.25) is 9.00 Å². The van der Waals surface area contributed by atoms with Gasteiger partial charge < -0.3 is 4.74 Å². The number of ketones is 1. The van der Waals surface area contributed by atoms with Crippen LogP contribution in [0.1, 0.15) is 43.0 Å². The fourth-order valence-electron chi connectivity index (χ4n) is 2.72. The van der Waals surface area contributed by atoms with Crippen LogP contribution in [0.25, 0.3) is 0 Å². The summed E-state index contributed by atoms with van der Waals surface area (Å²) in [5.41, 5.74) is 0.614. The Morgan fingerprint density at radius 2 is 2.00 bits per heavy atom. The van der Waals surface area contributed by atoms with Crippen LogP contribution in [-0.2, 0) is 10.8 Å². The number of carbonyl (C=O) groups is 1. The minimum atomic E-state index is -1.05.